The summed E-state index contributed by atoms with van der Waals surface area (Å²) >= 11 is 0. The molecule has 0 aliphatic heterocycles. The number of carbonyl (C=O) groups is 1. The Kier molecular flexibility index (Phi) is 4.78. The van der Waals surface area contributed by atoms with Crippen LogP contribution >= 0.6 is 0 Å². The van der Waals surface area contributed by atoms with Crippen molar-refractivity contribution in [3.05, 3.63) is 29.8 Å². The highest BCUT2D eigenvalue weighted by atomic mass is 19.1. The van der Waals surface area contributed by atoms with Gasteiger partial charge in [0.2, 0.25) is 5.91 Å². The van der Waals surface area contributed by atoms with E-state index in [2.05, 4.69) is 15.6 Å². The molecule has 1 unspecified atom stereocenters. The first-order chi connectivity index (χ1) is 8.28. The normalized spacial score (nSPS) is 13.2. The van der Waals surface area contributed by atoms with Gasteiger partial charge in [-0.05, 0) is 39.3 Å². The summed E-state index contributed by atoms with van der Waals surface area (Å²) in [5.41, 5.74) is 0.457. The lowest BCUT2D eigenvalue weighted by Gasteiger charge is -2.23. The van der Waals surface area contributed by atoms with Crippen molar-refractivity contribution in [3.8, 4) is 0 Å². The lowest BCUT2D eigenvalue weighted by Crippen LogP contribution is -2.49. The van der Waals surface area contributed by atoms with Crippen LogP contribution in [0.15, 0.2) is 18.5 Å². The van der Waals surface area contributed by atoms with E-state index in [0.29, 0.717) is 12.1 Å². The van der Waals surface area contributed by atoms with Crippen molar-refractivity contribution in [1.82, 2.24) is 15.6 Å². The smallest absolute Gasteiger partial charge is 0.237 e. The molecule has 1 aromatic heterocycles. The Balaban J connectivity index is 2.46. The van der Waals surface area contributed by atoms with Gasteiger partial charge in [0.05, 0.1) is 12.2 Å². The molecule has 5 heteroatoms. The third kappa shape index (κ3) is 5.23. The molecule has 0 fully saturated rings. The Morgan fingerprint density at radius 1 is 1.44 bits per heavy atom. The second-order valence-corrected chi connectivity index (χ2v) is 5.35. The quantitative estimate of drug-likeness (QED) is 0.857. The van der Waals surface area contributed by atoms with Crippen LogP contribution in [0.3, 0.4) is 0 Å². The predicted octanol–water partition coefficient (Wildman–Crippen LogP) is 1.61. The zero-order chi connectivity index (χ0) is 13.8. The number of rotatable bonds is 4. The topological polar surface area (TPSA) is 54.0 Å². The first-order valence-electron chi connectivity index (χ1n) is 5.93. The summed E-state index contributed by atoms with van der Waals surface area (Å²) in [6.07, 6.45) is 2.73. The van der Waals surface area contributed by atoms with E-state index >= 15 is 0 Å². The van der Waals surface area contributed by atoms with Crippen molar-refractivity contribution in [1.29, 1.82) is 0 Å². The third-order valence-corrected chi connectivity index (χ3v) is 2.27. The Morgan fingerprint density at radius 3 is 2.67 bits per heavy atom. The van der Waals surface area contributed by atoms with Crippen LogP contribution in [0, 0.1) is 5.82 Å². The summed E-state index contributed by atoms with van der Waals surface area (Å²) < 4.78 is 12.9. The van der Waals surface area contributed by atoms with Gasteiger partial charge in [-0.2, -0.15) is 0 Å². The average molecular weight is 253 g/mol. The molecule has 1 heterocycles. The zero-order valence-corrected chi connectivity index (χ0v) is 11.2. The fourth-order valence-corrected chi connectivity index (χ4v) is 1.39. The van der Waals surface area contributed by atoms with Crippen LogP contribution in [0.25, 0.3) is 0 Å². The monoisotopic (exact) mass is 253 g/mol. The maximum Gasteiger partial charge on any atom is 0.237 e. The van der Waals surface area contributed by atoms with Gasteiger partial charge in [-0.15, -0.1) is 0 Å². The highest BCUT2D eigenvalue weighted by Gasteiger charge is 2.18. The van der Waals surface area contributed by atoms with E-state index in [1.54, 1.807) is 13.1 Å². The number of halogens is 1. The Morgan fingerprint density at radius 2 is 2.11 bits per heavy atom. The lowest BCUT2D eigenvalue weighted by atomic mass is 10.1. The summed E-state index contributed by atoms with van der Waals surface area (Å²) in [5.74, 6) is -0.451. The van der Waals surface area contributed by atoms with Crippen LogP contribution in [0.1, 0.15) is 33.3 Å². The van der Waals surface area contributed by atoms with E-state index in [0.717, 1.165) is 6.20 Å². The number of nitrogens with zero attached hydrogens (tertiary/aromatic N) is 1. The van der Waals surface area contributed by atoms with E-state index in [-0.39, 0.29) is 23.3 Å². The fourth-order valence-electron chi connectivity index (χ4n) is 1.39. The molecule has 0 spiro atoms. The number of pyridine rings is 1. The molecule has 0 saturated heterocycles. The van der Waals surface area contributed by atoms with Crippen LogP contribution in [0.4, 0.5) is 4.39 Å². The molecular weight excluding hydrogens is 233 g/mol. The van der Waals surface area contributed by atoms with Crippen molar-refractivity contribution >= 4 is 5.91 Å². The van der Waals surface area contributed by atoms with Gasteiger partial charge in [0.1, 0.15) is 5.82 Å². The van der Waals surface area contributed by atoms with Gasteiger partial charge >= 0.3 is 0 Å². The van der Waals surface area contributed by atoms with E-state index < -0.39 is 0 Å². The van der Waals surface area contributed by atoms with Crippen LogP contribution in [-0.4, -0.2) is 22.5 Å². The van der Waals surface area contributed by atoms with E-state index in [4.69, 9.17) is 0 Å². The fraction of sp³-hybridized carbons (Fsp3) is 0.538. The van der Waals surface area contributed by atoms with Crippen molar-refractivity contribution in [2.75, 3.05) is 0 Å². The highest BCUT2D eigenvalue weighted by Crippen LogP contribution is 2.02. The second kappa shape index (κ2) is 5.91. The van der Waals surface area contributed by atoms with Crippen LogP contribution < -0.4 is 10.6 Å². The molecule has 0 bridgehead atoms. The van der Waals surface area contributed by atoms with Crippen LogP contribution in [-0.2, 0) is 11.3 Å². The molecule has 0 aliphatic rings. The molecule has 1 rings (SSSR count). The number of amides is 1. The van der Waals surface area contributed by atoms with Crippen LogP contribution in [0.5, 0.6) is 0 Å². The van der Waals surface area contributed by atoms with Gasteiger partial charge in [-0.25, -0.2) is 4.39 Å². The molecule has 2 N–H and O–H groups in total. The van der Waals surface area contributed by atoms with Gasteiger partial charge in [-0.1, -0.05) is 0 Å². The summed E-state index contributed by atoms with van der Waals surface area (Å²) in [6.45, 7) is 7.95. The summed E-state index contributed by atoms with van der Waals surface area (Å²) in [5, 5.41) is 5.91. The molecule has 18 heavy (non-hydrogen) atoms. The molecular formula is C13H20FN3O. The Hall–Kier alpha value is -1.49. The molecule has 0 radical (unpaired) electrons. The molecule has 100 valence electrons. The first kappa shape index (κ1) is 14.6. The van der Waals surface area contributed by atoms with Gasteiger partial charge in [0.25, 0.3) is 0 Å². The maximum atomic E-state index is 12.9. The Labute approximate surface area is 107 Å². The van der Waals surface area contributed by atoms with Gasteiger partial charge in [0, 0.05) is 18.3 Å². The van der Waals surface area contributed by atoms with E-state index in [9.17, 15) is 9.18 Å². The number of aromatic nitrogens is 1. The maximum absolute atomic E-state index is 12.9. The van der Waals surface area contributed by atoms with Gasteiger partial charge < -0.3 is 10.6 Å². The number of hydrogen-bond donors (Lipinski definition) is 2. The van der Waals surface area contributed by atoms with Crippen molar-refractivity contribution in [3.63, 3.8) is 0 Å². The summed E-state index contributed by atoms with van der Waals surface area (Å²) in [6, 6.07) is 1.06. The zero-order valence-electron chi connectivity index (χ0n) is 11.2. The minimum Gasteiger partial charge on any atom is -0.350 e. The molecule has 0 aromatic carbocycles. The van der Waals surface area contributed by atoms with Crippen molar-refractivity contribution in [2.45, 2.75) is 45.8 Å². The molecule has 0 aliphatic carbocycles. The molecule has 1 atom stereocenters. The molecule has 4 nitrogen and oxygen atoms in total. The average Bonchev–Trinajstić information content (AvgIpc) is 2.23. The van der Waals surface area contributed by atoms with Gasteiger partial charge in [-0.3, -0.25) is 9.78 Å². The molecule has 1 aromatic rings. The summed E-state index contributed by atoms with van der Waals surface area (Å²) in [7, 11) is 0. The Bertz CT molecular complexity index is 415. The minimum absolute atomic E-state index is 0.0770. The molecule has 0 saturated carbocycles. The van der Waals surface area contributed by atoms with Gasteiger partial charge in [0.15, 0.2) is 0 Å². The largest absolute Gasteiger partial charge is 0.350 e. The van der Waals surface area contributed by atoms with E-state index in [1.165, 1.54) is 6.07 Å². The van der Waals surface area contributed by atoms with E-state index in [1.807, 2.05) is 20.8 Å². The van der Waals surface area contributed by atoms with Crippen molar-refractivity contribution < 1.29 is 9.18 Å². The SMILES string of the molecule is CC(NCc1cncc(F)c1)C(=O)NC(C)(C)C. The molecule has 1 amide bonds. The highest BCUT2D eigenvalue weighted by molar-refractivity contribution is 5.81. The standard InChI is InChI=1S/C13H20FN3O/c1-9(12(18)17-13(2,3)4)16-7-10-5-11(14)8-15-6-10/h5-6,8-9,16H,7H2,1-4H3,(H,17,18). The number of hydrogen-bond acceptors (Lipinski definition) is 3. The minimum atomic E-state index is -0.374. The van der Waals surface area contributed by atoms with Crippen molar-refractivity contribution in [2.24, 2.45) is 0 Å². The number of nitrogens with one attached hydrogen (secondary N) is 2. The number of carbonyl (C=O) groups excluding carboxylic acids is 1. The lowest BCUT2D eigenvalue weighted by molar-refractivity contribution is -0.124. The third-order valence-electron chi connectivity index (χ3n) is 2.27. The van der Waals surface area contributed by atoms with Crippen LogP contribution in [0.2, 0.25) is 0 Å². The summed E-state index contributed by atoms with van der Waals surface area (Å²) in [4.78, 5) is 15.5. The first-order valence-corrected chi connectivity index (χ1v) is 5.93. The predicted molar refractivity (Wildman–Crippen MR) is 68.4 cm³/mol. The second-order valence-electron chi connectivity index (χ2n) is 5.35.